The number of esters is 1. The van der Waals surface area contributed by atoms with Gasteiger partial charge in [0, 0.05) is 0 Å². The van der Waals surface area contributed by atoms with Gasteiger partial charge in [0.15, 0.2) is 0 Å². The molecule has 0 atom stereocenters. The van der Waals surface area contributed by atoms with E-state index in [9.17, 15) is 9.59 Å². The van der Waals surface area contributed by atoms with Gasteiger partial charge in [0.25, 0.3) is 0 Å². The van der Waals surface area contributed by atoms with Gasteiger partial charge >= 0.3 is 5.97 Å². The molecule has 26 heavy (non-hydrogen) atoms. The van der Waals surface area contributed by atoms with Crippen LogP contribution in [0.3, 0.4) is 0 Å². The maximum atomic E-state index is 12.3. The molecule has 0 radical (unpaired) electrons. The van der Waals surface area contributed by atoms with E-state index in [0.717, 1.165) is 11.1 Å². The molecule has 0 spiro atoms. The number of benzene rings is 2. The molecule has 0 aliphatic carbocycles. The van der Waals surface area contributed by atoms with Crippen LogP contribution in [0.1, 0.15) is 35.3 Å². The fourth-order valence-corrected chi connectivity index (χ4v) is 2.22. The van der Waals surface area contributed by atoms with Crippen molar-refractivity contribution in [2.24, 2.45) is 0 Å². The number of para-hydroxylation sites is 1. The van der Waals surface area contributed by atoms with Gasteiger partial charge in [-0.1, -0.05) is 24.3 Å². The van der Waals surface area contributed by atoms with E-state index in [1.807, 2.05) is 56.6 Å². The van der Waals surface area contributed by atoms with Gasteiger partial charge in [0.05, 0.1) is 13.2 Å². The zero-order valence-corrected chi connectivity index (χ0v) is 15.6. The van der Waals surface area contributed by atoms with Crippen molar-refractivity contribution in [3.63, 3.8) is 0 Å². The average Bonchev–Trinajstić information content (AvgIpc) is 2.61. The van der Waals surface area contributed by atoms with Gasteiger partial charge in [-0.3, -0.25) is 9.63 Å². The summed E-state index contributed by atoms with van der Waals surface area (Å²) in [7, 11) is 0. The third-order valence-electron chi connectivity index (χ3n) is 3.18. The zero-order valence-electron chi connectivity index (χ0n) is 15.6. The second-order valence-electron chi connectivity index (χ2n) is 5.26. The lowest BCUT2D eigenvalue weighted by Gasteiger charge is -2.13. The number of hydrogen-bond acceptors (Lipinski definition) is 5. The van der Waals surface area contributed by atoms with Crippen molar-refractivity contribution in [1.82, 2.24) is 5.48 Å². The minimum atomic E-state index is -0.392. The molecule has 6 heteroatoms. The largest absolute Gasteiger partial charge is 0.493 e. The second-order valence-corrected chi connectivity index (χ2v) is 5.26. The van der Waals surface area contributed by atoms with E-state index < -0.39 is 5.97 Å². The summed E-state index contributed by atoms with van der Waals surface area (Å²) in [6.07, 6.45) is 0.490. The van der Waals surface area contributed by atoms with Gasteiger partial charge in [-0.05, 0) is 57.0 Å². The van der Waals surface area contributed by atoms with E-state index in [4.69, 9.17) is 9.47 Å². The predicted octanol–water partition coefficient (Wildman–Crippen LogP) is 3.61. The van der Waals surface area contributed by atoms with Crippen LogP contribution < -0.4 is 15.0 Å². The standard InChI is InChI=1S/C17H18O3.C3H7NO2/c1-4-19-15-11-12(2)10-13(3)16(15)17(18)20-14-8-6-5-7-9-14;1-2-6-4-3-5/h5-11H,4H2,1-3H3;3H,2H2,1H3,(H,4,5). The van der Waals surface area contributed by atoms with Crippen LogP contribution in [0.2, 0.25) is 0 Å². The van der Waals surface area contributed by atoms with Crippen molar-refractivity contribution >= 4 is 12.4 Å². The number of hydroxylamine groups is 1. The molecule has 2 rings (SSSR count). The first-order chi connectivity index (χ1) is 12.5. The molecule has 1 N–H and O–H groups in total. The molecule has 0 aliphatic rings. The highest BCUT2D eigenvalue weighted by molar-refractivity contribution is 5.95. The molecule has 0 aliphatic heterocycles. The third kappa shape index (κ3) is 6.94. The Morgan fingerprint density at radius 3 is 2.31 bits per heavy atom. The van der Waals surface area contributed by atoms with Crippen molar-refractivity contribution in [3.05, 3.63) is 59.2 Å². The molecule has 0 saturated heterocycles. The fourth-order valence-electron chi connectivity index (χ4n) is 2.22. The number of ether oxygens (including phenoxy) is 2. The first-order valence-corrected chi connectivity index (χ1v) is 8.35. The van der Waals surface area contributed by atoms with Gasteiger partial charge in [-0.25, -0.2) is 10.3 Å². The number of carbonyl (C=O) groups excluding carboxylic acids is 2. The average molecular weight is 359 g/mol. The predicted molar refractivity (Wildman–Crippen MR) is 99.3 cm³/mol. The maximum absolute atomic E-state index is 12.3. The summed E-state index contributed by atoms with van der Waals surface area (Å²) in [6.45, 7) is 8.56. The topological polar surface area (TPSA) is 73.9 Å². The molecular formula is C20H25NO5. The molecule has 0 bridgehead atoms. The van der Waals surface area contributed by atoms with Gasteiger partial charge in [-0.2, -0.15) is 0 Å². The Hall–Kier alpha value is -2.86. The molecule has 1 amide bonds. The van der Waals surface area contributed by atoms with Crippen molar-refractivity contribution < 1.29 is 23.9 Å². The molecule has 2 aromatic rings. The van der Waals surface area contributed by atoms with E-state index in [2.05, 4.69) is 4.84 Å². The Bertz CT molecular complexity index is 701. The number of nitrogens with one attached hydrogen (secondary N) is 1. The molecule has 0 fully saturated rings. The minimum absolute atomic E-state index is 0.392. The fraction of sp³-hybridized carbons (Fsp3) is 0.300. The maximum Gasteiger partial charge on any atom is 0.347 e. The van der Waals surface area contributed by atoms with E-state index in [-0.39, 0.29) is 0 Å². The van der Waals surface area contributed by atoms with Crippen LogP contribution in [-0.4, -0.2) is 25.6 Å². The van der Waals surface area contributed by atoms with Crippen LogP contribution in [0.4, 0.5) is 0 Å². The Balaban J connectivity index is 0.000000487. The van der Waals surface area contributed by atoms with Crippen LogP contribution in [0.15, 0.2) is 42.5 Å². The molecule has 0 unspecified atom stereocenters. The number of carbonyl (C=O) groups is 2. The van der Waals surface area contributed by atoms with Crippen molar-refractivity contribution in [2.75, 3.05) is 13.2 Å². The van der Waals surface area contributed by atoms with Gasteiger partial charge < -0.3 is 9.47 Å². The van der Waals surface area contributed by atoms with Crippen LogP contribution in [-0.2, 0) is 9.63 Å². The Morgan fingerprint density at radius 2 is 1.77 bits per heavy atom. The summed E-state index contributed by atoms with van der Waals surface area (Å²) in [5, 5.41) is 0. The Labute approximate surface area is 154 Å². The van der Waals surface area contributed by atoms with Crippen LogP contribution in [0.5, 0.6) is 11.5 Å². The van der Waals surface area contributed by atoms with Crippen molar-refractivity contribution in [2.45, 2.75) is 27.7 Å². The van der Waals surface area contributed by atoms with Gasteiger partial charge in [0.1, 0.15) is 17.1 Å². The lowest BCUT2D eigenvalue weighted by atomic mass is 10.0. The lowest BCUT2D eigenvalue weighted by molar-refractivity contribution is -0.120. The third-order valence-corrected chi connectivity index (χ3v) is 3.18. The molecule has 140 valence electrons. The number of rotatable bonds is 7. The highest BCUT2D eigenvalue weighted by Gasteiger charge is 2.18. The van der Waals surface area contributed by atoms with E-state index in [0.29, 0.717) is 36.7 Å². The summed E-state index contributed by atoms with van der Waals surface area (Å²) < 4.78 is 10.9. The molecule has 2 aromatic carbocycles. The highest BCUT2D eigenvalue weighted by atomic mass is 16.6. The van der Waals surface area contributed by atoms with Crippen LogP contribution in [0.25, 0.3) is 0 Å². The van der Waals surface area contributed by atoms with E-state index >= 15 is 0 Å². The summed E-state index contributed by atoms with van der Waals surface area (Å²) in [6, 6.07) is 12.8. The molecule has 0 aromatic heterocycles. The first kappa shape index (κ1) is 21.2. The molecule has 0 heterocycles. The Morgan fingerprint density at radius 1 is 1.08 bits per heavy atom. The SMILES string of the molecule is CCONC=O.CCOc1cc(C)cc(C)c1C(=O)Oc1ccccc1. The zero-order chi connectivity index (χ0) is 19.4. The normalized spacial score (nSPS) is 9.54. The van der Waals surface area contributed by atoms with Crippen LogP contribution in [0, 0.1) is 13.8 Å². The summed E-state index contributed by atoms with van der Waals surface area (Å²) in [5.74, 6) is 0.711. The monoisotopic (exact) mass is 359 g/mol. The number of aryl methyl sites for hydroxylation is 2. The molecule has 0 saturated carbocycles. The number of hydrogen-bond donors (Lipinski definition) is 1. The van der Waals surface area contributed by atoms with Crippen molar-refractivity contribution in [3.8, 4) is 11.5 Å². The first-order valence-electron chi connectivity index (χ1n) is 8.35. The Kier molecular flexibility index (Phi) is 9.49. The smallest absolute Gasteiger partial charge is 0.347 e. The number of amides is 1. The molecular weight excluding hydrogens is 334 g/mol. The minimum Gasteiger partial charge on any atom is -0.493 e. The summed E-state index contributed by atoms with van der Waals surface area (Å²) >= 11 is 0. The van der Waals surface area contributed by atoms with Gasteiger partial charge in [-0.15, -0.1) is 0 Å². The highest BCUT2D eigenvalue weighted by Crippen LogP contribution is 2.26. The van der Waals surface area contributed by atoms with E-state index in [1.165, 1.54) is 0 Å². The van der Waals surface area contributed by atoms with Gasteiger partial charge in [0.2, 0.25) is 6.41 Å². The lowest BCUT2D eigenvalue weighted by Crippen LogP contribution is -2.13. The summed E-state index contributed by atoms with van der Waals surface area (Å²) in [5.41, 5.74) is 4.42. The second kappa shape index (κ2) is 11.7. The van der Waals surface area contributed by atoms with E-state index in [1.54, 1.807) is 19.1 Å². The van der Waals surface area contributed by atoms with Crippen LogP contribution >= 0.6 is 0 Å². The van der Waals surface area contributed by atoms with Crippen molar-refractivity contribution in [1.29, 1.82) is 0 Å². The molecule has 6 nitrogen and oxygen atoms in total. The quantitative estimate of drug-likeness (QED) is 0.269. The summed E-state index contributed by atoms with van der Waals surface area (Å²) in [4.78, 5) is 26.0.